The van der Waals surface area contributed by atoms with Gasteiger partial charge >= 0.3 is 0 Å². The van der Waals surface area contributed by atoms with E-state index in [0.29, 0.717) is 6.04 Å². The number of piperidine rings is 1. The van der Waals surface area contributed by atoms with Gasteiger partial charge < -0.3 is 11.1 Å². The molecule has 2 nitrogen and oxygen atoms in total. The summed E-state index contributed by atoms with van der Waals surface area (Å²) in [7, 11) is 0. The lowest BCUT2D eigenvalue weighted by molar-refractivity contribution is 0.244. The van der Waals surface area contributed by atoms with E-state index in [4.69, 9.17) is 5.73 Å². The molecule has 0 aromatic rings. The summed E-state index contributed by atoms with van der Waals surface area (Å²) >= 11 is 0. The SMILES string of the molecule is CC(C)(C)C(N)CC1CCCNC1. The topological polar surface area (TPSA) is 38.0 Å². The highest BCUT2D eigenvalue weighted by Gasteiger charge is 2.24. The fraction of sp³-hybridized carbons (Fsp3) is 1.00. The Hall–Kier alpha value is -0.0800. The molecule has 0 spiro atoms. The van der Waals surface area contributed by atoms with E-state index in [1.807, 2.05) is 0 Å². The zero-order chi connectivity index (χ0) is 9.90. The average Bonchev–Trinajstić information content (AvgIpc) is 2.04. The molecule has 1 rings (SSSR count). The van der Waals surface area contributed by atoms with Crippen LogP contribution >= 0.6 is 0 Å². The van der Waals surface area contributed by atoms with E-state index in [9.17, 15) is 0 Å². The lowest BCUT2D eigenvalue weighted by atomic mass is 9.80. The van der Waals surface area contributed by atoms with Crippen molar-refractivity contribution >= 4 is 0 Å². The van der Waals surface area contributed by atoms with Crippen LogP contribution in [0.1, 0.15) is 40.0 Å². The van der Waals surface area contributed by atoms with E-state index >= 15 is 0 Å². The third kappa shape index (κ3) is 3.65. The molecule has 1 saturated heterocycles. The van der Waals surface area contributed by atoms with Crippen molar-refractivity contribution in [1.82, 2.24) is 5.32 Å². The molecule has 1 aliphatic rings. The minimum atomic E-state index is 0.261. The zero-order valence-electron chi connectivity index (χ0n) is 9.27. The second kappa shape index (κ2) is 4.43. The summed E-state index contributed by atoms with van der Waals surface area (Å²) in [6, 6.07) is 0.345. The van der Waals surface area contributed by atoms with Gasteiger partial charge in [0.15, 0.2) is 0 Å². The highest BCUT2D eigenvalue weighted by Crippen LogP contribution is 2.25. The van der Waals surface area contributed by atoms with Crippen LogP contribution in [0.2, 0.25) is 0 Å². The van der Waals surface area contributed by atoms with Crippen molar-refractivity contribution in [2.24, 2.45) is 17.1 Å². The Balaban J connectivity index is 2.30. The molecule has 2 unspecified atom stereocenters. The van der Waals surface area contributed by atoms with Crippen molar-refractivity contribution in [2.75, 3.05) is 13.1 Å². The van der Waals surface area contributed by atoms with Crippen molar-refractivity contribution in [3.63, 3.8) is 0 Å². The molecule has 0 amide bonds. The highest BCUT2D eigenvalue weighted by molar-refractivity contribution is 4.81. The molecular weight excluding hydrogens is 160 g/mol. The van der Waals surface area contributed by atoms with Gasteiger partial charge in [-0.2, -0.15) is 0 Å². The lowest BCUT2D eigenvalue weighted by Gasteiger charge is -2.32. The first kappa shape index (κ1) is 11.0. The van der Waals surface area contributed by atoms with Crippen LogP contribution in [0.4, 0.5) is 0 Å². The summed E-state index contributed by atoms with van der Waals surface area (Å²) in [4.78, 5) is 0. The first-order chi connectivity index (χ1) is 6.00. The Bertz CT molecular complexity index is 143. The maximum atomic E-state index is 6.15. The fourth-order valence-corrected chi connectivity index (χ4v) is 1.84. The normalized spacial score (nSPS) is 27.2. The van der Waals surface area contributed by atoms with Gasteiger partial charge in [-0.05, 0) is 43.7 Å². The molecular formula is C11H24N2. The van der Waals surface area contributed by atoms with Crippen LogP contribution in [0, 0.1) is 11.3 Å². The van der Waals surface area contributed by atoms with Gasteiger partial charge in [0.25, 0.3) is 0 Å². The van der Waals surface area contributed by atoms with E-state index in [2.05, 4.69) is 26.1 Å². The molecule has 1 heterocycles. The van der Waals surface area contributed by atoms with Crippen LogP contribution in [0.3, 0.4) is 0 Å². The number of nitrogens with two attached hydrogens (primary N) is 1. The Morgan fingerprint density at radius 1 is 1.46 bits per heavy atom. The van der Waals surface area contributed by atoms with Gasteiger partial charge in [0.05, 0.1) is 0 Å². The third-order valence-corrected chi connectivity index (χ3v) is 3.10. The third-order valence-electron chi connectivity index (χ3n) is 3.10. The Morgan fingerprint density at radius 3 is 2.62 bits per heavy atom. The van der Waals surface area contributed by atoms with Crippen molar-refractivity contribution in [1.29, 1.82) is 0 Å². The molecule has 0 bridgehead atoms. The standard InChI is InChI=1S/C11H24N2/c1-11(2,3)10(12)7-9-5-4-6-13-8-9/h9-10,13H,4-8,12H2,1-3H3. The van der Waals surface area contributed by atoms with Gasteiger partial charge in [0.1, 0.15) is 0 Å². The lowest BCUT2D eigenvalue weighted by Crippen LogP contribution is -2.40. The molecule has 2 heteroatoms. The summed E-state index contributed by atoms with van der Waals surface area (Å²) in [5, 5.41) is 3.44. The largest absolute Gasteiger partial charge is 0.327 e. The number of nitrogens with one attached hydrogen (secondary N) is 1. The first-order valence-electron chi connectivity index (χ1n) is 5.46. The summed E-state index contributed by atoms with van der Waals surface area (Å²) in [6.07, 6.45) is 3.86. The molecule has 2 atom stereocenters. The molecule has 0 saturated carbocycles. The van der Waals surface area contributed by atoms with E-state index < -0.39 is 0 Å². The molecule has 3 N–H and O–H groups in total. The summed E-state index contributed by atoms with van der Waals surface area (Å²) in [5.74, 6) is 0.808. The number of hydrogen-bond acceptors (Lipinski definition) is 2. The first-order valence-corrected chi connectivity index (χ1v) is 5.46. The maximum absolute atomic E-state index is 6.15. The van der Waals surface area contributed by atoms with Crippen LogP contribution < -0.4 is 11.1 Å². The number of rotatable bonds is 2. The van der Waals surface area contributed by atoms with E-state index in [0.717, 1.165) is 5.92 Å². The molecule has 13 heavy (non-hydrogen) atoms. The summed E-state index contributed by atoms with van der Waals surface area (Å²) in [5.41, 5.74) is 6.42. The predicted molar refractivity (Wildman–Crippen MR) is 57.6 cm³/mol. The minimum absolute atomic E-state index is 0.261. The van der Waals surface area contributed by atoms with Crippen LogP contribution in [0.15, 0.2) is 0 Å². The van der Waals surface area contributed by atoms with Crippen molar-refractivity contribution in [3.05, 3.63) is 0 Å². The van der Waals surface area contributed by atoms with Crippen molar-refractivity contribution < 1.29 is 0 Å². The summed E-state index contributed by atoms with van der Waals surface area (Å²) in [6.45, 7) is 9.06. The smallest absolute Gasteiger partial charge is 0.00907 e. The Morgan fingerprint density at radius 2 is 2.15 bits per heavy atom. The van der Waals surface area contributed by atoms with Gasteiger partial charge in [-0.25, -0.2) is 0 Å². The summed E-state index contributed by atoms with van der Waals surface area (Å²) < 4.78 is 0. The van der Waals surface area contributed by atoms with Crippen LogP contribution in [-0.4, -0.2) is 19.1 Å². The Kier molecular flexibility index (Phi) is 3.74. The van der Waals surface area contributed by atoms with E-state index in [1.54, 1.807) is 0 Å². The molecule has 78 valence electrons. The van der Waals surface area contributed by atoms with Gasteiger partial charge in [-0.15, -0.1) is 0 Å². The molecule has 0 aliphatic carbocycles. The number of hydrogen-bond donors (Lipinski definition) is 2. The zero-order valence-corrected chi connectivity index (χ0v) is 9.27. The Labute approximate surface area is 82.3 Å². The van der Waals surface area contributed by atoms with Gasteiger partial charge in [-0.3, -0.25) is 0 Å². The van der Waals surface area contributed by atoms with E-state index in [1.165, 1.54) is 32.4 Å². The predicted octanol–water partition coefficient (Wildman–Crippen LogP) is 1.75. The average molecular weight is 184 g/mol. The highest BCUT2D eigenvalue weighted by atomic mass is 14.9. The molecule has 1 fully saturated rings. The second-order valence-corrected chi connectivity index (χ2v) is 5.42. The molecule has 0 radical (unpaired) electrons. The van der Waals surface area contributed by atoms with Gasteiger partial charge in [0.2, 0.25) is 0 Å². The monoisotopic (exact) mass is 184 g/mol. The maximum Gasteiger partial charge on any atom is 0.00907 e. The van der Waals surface area contributed by atoms with Crippen molar-refractivity contribution in [3.8, 4) is 0 Å². The minimum Gasteiger partial charge on any atom is -0.327 e. The van der Waals surface area contributed by atoms with Crippen LogP contribution in [-0.2, 0) is 0 Å². The fourth-order valence-electron chi connectivity index (χ4n) is 1.84. The van der Waals surface area contributed by atoms with E-state index in [-0.39, 0.29) is 5.41 Å². The molecule has 0 aromatic heterocycles. The molecule has 1 aliphatic heterocycles. The van der Waals surface area contributed by atoms with Crippen LogP contribution in [0.25, 0.3) is 0 Å². The quantitative estimate of drug-likeness (QED) is 0.686. The van der Waals surface area contributed by atoms with Gasteiger partial charge in [-0.1, -0.05) is 20.8 Å². The van der Waals surface area contributed by atoms with Gasteiger partial charge in [0, 0.05) is 6.04 Å². The second-order valence-electron chi connectivity index (χ2n) is 5.42. The van der Waals surface area contributed by atoms with Crippen LogP contribution in [0.5, 0.6) is 0 Å². The molecule has 0 aromatic carbocycles. The van der Waals surface area contributed by atoms with Crippen molar-refractivity contribution in [2.45, 2.75) is 46.1 Å².